The van der Waals surface area contributed by atoms with Crippen molar-refractivity contribution >= 4 is 21.9 Å². The van der Waals surface area contributed by atoms with Gasteiger partial charge in [0.25, 0.3) is 5.91 Å². The number of nitrogens with one attached hydrogen (secondary N) is 1. The molecule has 0 unspecified atom stereocenters. The molecule has 8 heteroatoms. The zero-order chi connectivity index (χ0) is 16.9. The van der Waals surface area contributed by atoms with Crippen molar-refractivity contribution in [2.45, 2.75) is 44.2 Å². The molecule has 0 aliphatic carbocycles. The monoisotopic (exact) mass is 328 g/mol. The Labute approximate surface area is 129 Å². The number of carbonyl (C=O) groups excluding carboxylic acids is 2. The van der Waals surface area contributed by atoms with E-state index in [4.69, 9.17) is 10.5 Å². The average Bonchev–Trinajstić information content (AvgIpc) is 2.46. The number of rotatable bonds is 7. The number of primary amides is 1. The van der Waals surface area contributed by atoms with Crippen LogP contribution < -0.4 is 10.5 Å². The lowest BCUT2D eigenvalue weighted by Gasteiger charge is -2.13. The molecular weight excluding hydrogens is 308 g/mol. The van der Waals surface area contributed by atoms with Crippen LogP contribution in [0.4, 0.5) is 0 Å². The smallest absolute Gasteiger partial charge is 0.338 e. The lowest BCUT2D eigenvalue weighted by molar-refractivity contribution is -0.125. The standard InChI is InChI=1S/C14H20N2O5S/c1-4-9(2)16-22(19,20)12-7-5-11(6-8-12)14(18)21-10(3)13(15)17/h5-10,16H,4H2,1-3H3,(H2,15,17)/t9-,10+/m0/s1. The molecule has 7 nitrogen and oxygen atoms in total. The number of sulfonamides is 1. The third-order valence-corrected chi connectivity index (χ3v) is 4.66. The van der Waals surface area contributed by atoms with Crippen molar-refractivity contribution in [3.63, 3.8) is 0 Å². The first kappa shape index (κ1) is 18.1. The number of esters is 1. The second kappa shape index (κ2) is 7.37. The SMILES string of the molecule is CC[C@H](C)NS(=O)(=O)c1ccc(C(=O)O[C@H](C)C(N)=O)cc1. The number of ether oxygens (including phenoxy) is 1. The molecule has 1 aromatic rings. The Kier molecular flexibility index (Phi) is 6.07. The van der Waals surface area contributed by atoms with E-state index in [2.05, 4.69) is 4.72 Å². The summed E-state index contributed by atoms with van der Waals surface area (Å²) in [6.45, 7) is 4.98. The maximum absolute atomic E-state index is 12.1. The van der Waals surface area contributed by atoms with E-state index in [1.165, 1.54) is 31.2 Å². The van der Waals surface area contributed by atoms with Gasteiger partial charge in [-0.3, -0.25) is 4.79 Å². The summed E-state index contributed by atoms with van der Waals surface area (Å²) in [5.74, 6) is -1.50. The minimum Gasteiger partial charge on any atom is -0.449 e. The summed E-state index contributed by atoms with van der Waals surface area (Å²) in [7, 11) is -3.63. The molecule has 2 atom stereocenters. The maximum atomic E-state index is 12.1. The molecular formula is C14H20N2O5S. The largest absolute Gasteiger partial charge is 0.449 e. The Morgan fingerprint density at radius 3 is 2.23 bits per heavy atom. The first-order valence-corrected chi connectivity index (χ1v) is 8.28. The first-order chi connectivity index (χ1) is 10.2. The third kappa shape index (κ3) is 4.81. The average molecular weight is 328 g/mol. The molecule has 122 valence electrons. The number of benzene rings is 1. The molecule has 0 saturated carbocycles. The van der Waals surface area contributed by atoms with Crippen LogP contribution in [0.1, 0.15) is 37.6 Å². The van der Waals surface area contributed by atoms with Crippen LogP contribution in [0.3, 0.4) is 0 Å². The summed E-state index contributed by atoms with van der Waals surface area (Å²) >= 11 is 0. The van der Waals surface area contributed by atoms with E-state index in [0.717, 1.165) is 0 Å². The van der Waals surface area contributed by atoms with Gasteiger partial charge in [-0.25, -0.2) is 17.9 Å². The van der Waals surface area contributed by atoms with Gasteiger partial charge in [0.2, 0.25) is 10.0 Å². The van der Waals surface area contributed by atoms with Gasteiger partial charge in [0, 0.05) is 6.04 Å². The van der Waals surface area contributed by atoms with Gasteiger partial charge in [-0.15, -0.1) is 0 Å². The lowest BCUT2D eigenvalue weighted by atomic mass is 10.2. The van der Waals surface area contributed by atoms with Crippen molar-refractivity contribution in [2.75, 3.05) is 0 Å². The topological polar surface area (TPSA) is 116 Å². The van der Waals surface area contributed by atoms with Crippen LogP contribution in [0.25, 0.3) is 0 Å². The van der Waals surface area contributed by atoms with E-state index < -0.39 is 28.0 Å². The van der Waals surface area contributed by atoms with E-state index in [0.29, 0.717) is 6.42 Å². The molecule has 0 bridgehead atoms. The summed E-state index contributed by atoms with van der Waals surface area (Å²) < 4.78 is 31.5. The van der Waals surface area contributed by atoms with E-state index in [9.17, 15) is 18.0 Å². The summed E-state index contributed by atoms with van der Waals surface area (Å²) in [5, 5.41) is 0. The molecule has 1 amide bonds. The van der Waals surface area contributed by atoms with E-state index >= 15 is 0 Å². The number of carbonyl (C=O) groups is 2. The van der Waals surface area contributed by atoms with Gasteiger partial charge in [-0.1, -0.05) is 6.92 Å². The molecule has 0 fully saturated rings. The number of nitrogens with two attached hydrogens (primary N) is 1. The number of amides is 1. The Morgan fingerprint density at radius 1 is 1.23 bits per heavy atom. The van der Waals surface area contributed by atoms with Crippen molar-refractivity contribution in [2.24, 2.45) is 5.73 Å². The Morgan fingerprint density at radius 2 is 1.77 bits per heavy atom. The zero-order valence-electron chi connectivity index (χ0n) is 12.7. The van der Waals surface area contributed by atoms with Crippen molar-refractivity contribution in [3.8, 4) is 0 Å². The van der Waals surface area contributed by atoms with Crippen molar-refractivity contribution in [1.82, 2.24) is 4.72 Å². The molecule has 3 N–H and O–H groups in total. The highest BCUT2D eigenvalue weighted by Gasteiger charge is 2.19. The predicted octanol–water partition coefficient (Wildman–Crippen LogP) is 0.794. The van der Waals surface area contributed by atoms with Crippen molar-refractivity contribution in [1.29, 1.82) is 0 Å². The predicted molar refractivity (Wildman–Crippen MR) is 80.6 cm³/mol. The summed E-state index contributed by atoms with van der Waals surface area (Å²) in [4.78, 5) is 22.6. The Bertz CT molecular complexity index is 640. The van der Waals surface area contributed by atoms with Gasteiger partial charge in [-0.05, 0) is 44.5 Å². The van der Waals surface area contributed by atoms with Crippen LogP contribution in [0.2, 0.25) is 0 Å². The quantitative estimate of drug-likeness (QED) is 0.718. The maximum Gasteiger partial charge on any atom is 0.338 e. The molecule has 1 rings (SSSR count). The van der Waals surface area contributed by atoms with Gasteiger partial charge in [0.15, 0.2) is 6.10 Å². The van der Waals surface area contributed by atoms with Gasteiger partial charge in [0.1, 0.15) is 0 Å². The molecule has 0 aliphatic rings. The molecule has 0 saturated heterocycles. The highest BCUT2D eigenvalue weighted by molar-refractivity contribution is 7.89. The van der Waals surface area contributed by atoms with E-state index in [1.54, 1.807) is 6.92 Å². The van der Waals surface area contributed by atoms with Crippen molar-refractivity contribution in [3.05, 3.63) is 29.8 Å². The summed E-state index contributed by atoms with van der Waals surface area (Å²) in [6, 6.07) is 5.06. The van der Waals surface area contributed by atoms with Gasteiger partial charge >= 0.3 is 5.97 Å². The first-order valence-electron chi connectivity index (χ1n) is 6.80. The molecule has 0 spiro atoms. The molecule has 1 aromatic carbocycles. The Hall–Kier alpha value is -1.93. The lowest BCUT2D eigenvalue weighted by Crippen LogP contribution is -2.32. The highest BCUT2D eigenvalue weighted by Crippen LogP contribution is 2.13. The normalized spacial score (nSPS) is 14.1. The number of hydrogen-bond acceptors (Lipinski definition) is 5. The molecule has 0 aromatic heterocycles. The molecule has 0 radical (unpaired) electrons. The molecule has 22 heavy (non-hydrogen) atoms. The molecule has 0 heterocycles. The van der Waals surface area contributed by atoms with Crippen LogP contribution >= 0.6 is 0 Å². The van der Waals surface area contributed by atoms with Crippen LogP contribution in [0.5, 0.6) is 0 Å². The van der Waals surface area contributed by atoms with Crippen molar-refractivity contribution < 1.29 is 22.7 Å². The second-order valence-corrected chi connectivity index (χ2v) is 6.62. The summed E-state index contributed by atoms with van der Waals surface area (Å²) in [5.41, 5.74) is 5.13. The van der Waals surface area contributed by atoms with Gasteiger partial charge in [0.05, 0.1) is 10.5 Å². The fourth-order valence-electron chi connectivity index (χ4n) is 1.47. The minimum absolute atomic E-state index is 0.0484. The highest BCUT2D eigenvalue weighted by atomic mass is 32.2. The third-order valence-electron chi connectivity index (χ3n) is 3.05. The van der Waals surface area contributed by atoms with Crippen LogP contribution in [-0.4, -0.2) is 32.4 Å². The Balaban J connectivity index is 2.86. The second-order valence-electron chi connectivity index (χ2n) is 4.90. The molecule has 0 aliphatic heterocycles. The van der Waals surface area contributed by atoms with E-state index in [-0.39, 0.29) is 16.5 Å². The van der Waals surface area contributed by atoms with Crippen LogP contribution in [-0.2, 0) is 19.6 Å². The van der Waals surface area contributed by atoms with Gasteiger partial charge < -0.3 is 10.5 Å². The number of hydrogen-bond donors (Lipinski definition) is 2. The zero-order valence-corrected chi connectivity index (χ0v) is 13.5. The van der Waals surface area contributed by atoms with Crippen LogP contribution in [0, 0.1) is 0 Å². The summed E-state index contributed by atoms with van der Waals surface area (Å²) in [6.07, 6.45) is -0.391. The van der Waals surface area contributed by atoms with Gasteiger partial charge in [-0.2, -0.15) is 0 Å². The van der Waals surface area contributed by atoms with Crippen LogP contribution in [0.15, 0.2) is 29.2 Å². The van der Waals surface area contributed by atoms with E-state index in [1.807, 2.05) is 6.92 Å². The fraction of sp³-hybridized carbons (Fsp3) is 0.429. The minimum atomic E-state index is -3.63. The fourth-order valence-corrected chi connectivity index (χ4v) is 2.80.